The Morgan fingerprint density at radius 2 is 1.94 bits per heavy atom. The number of anilines is 1. The molecule has 0 aliphatic carbocycles. The number of aromatic nitrogens is 2. The van der Waals surface area contributed by atoms with Gasteiger partial charge in [0.15, 0.2) is 0 Å². The van der Waals surface area contributed by atoms with E-state index in [1.165, 1.54) is 25.3 Å². The molecule has 33 heavy (non-hydrogen) atoms. The van der Waals surface area contributed by atoms with E-state index < -0.39 is 41.1 Å². The summed E-state index contributed by atoms with van der Waals surface area (Å²) in [5.74, 6) is -3.88. The molecule has 1 atom stereocenters. The quantitative estimate of drug-likeness (QED) is 0.487. The van der Waals surface area contributed by atoms with Crippen LogP contribution >= 0.6 is 0 Å². The fraction of sp³-hybridized carbons (Fsp3) is 0.227. The van der Waals surface area contributed by atoms with Gasteiger partial charge in [-0.25, -0.2) is 8.78 Å². The van der Waals surface area contributed by atoms with E-state index in [2.05, 4.69) is 20.8 Å². The lowest BCUT2D eigenvalue weighted by atomic mass is 9.82. The standard InChI is InChI=1S/C22H17F5N4O2/c1-10-14(6-21(33)30-19-4-11-9-28-31-18(11)8-17(19)24)15(7-20(32)29-10)13-3-2-12(5-16(13)23)22(25,26)27/h2-5,8-9,15H,6-7H2,1H3,(H,28,31)(H,29,32)(H,30,33). The van der Waals surface area contributed by atoms with Crippen molar-refractivity contribution in [2.75, 3.05) is 5.32 Å². The van der Waals surface area contributed by atoms with Gasteiger partial charge in [-0.1, -0.05) is 6.07 Å². The van der Waals surface area contributed by atoms with E-state index in [4.69, 9.17) is 0 Å². The summed E-state index contributed by atoms with van der Waals surface area (Å²) in [6.45, 7) is 1.51. The van der Waals surface area contributed by atoms with Crippen LogP contribution in [0, 0.1) is 11.6 Å². The molecule has 1 unspecified atom stereocenters. The molecule has 1 aromatic heterocycles. The molecule has 1 aliphatic heterocycles. The summed E-state index contributed by atoms with van der Waals surface area (Å²) in [4.78, 5) is 24.7. The molecule has 172 valence electrons. The first-order valence-corrected chi connectivity index (χ1v) is 9.81. The first-order chi connectivity index (χ1) is 15.5. The maximum absolute atomic E-state index is 14.6. The van der Waals surface area contributed by atoms with Crippen LogP contribution in [0.1, 0.15) is 36.8 Å². The van der Waals surface area contributed by atoms with Crippen molar-refractivity contribution >= 4 is 28.4 Å². The Hall–Kier alpha value is -3.76. The number of halogens is 5. The largest absolute Gasteiger partial charge is 0.416 e. The second-order valence-electron chi connectivity index (χ2n) is 7.70. The molecule has 11 heteroatoms. The maximum atomic E-state index is 14.6. The molecule has 0 spiro atoms. The molecule has 3 aromatic rings. The van der Waals surface area contributed by atoms with Gasteiger partial charge in [-0.3, -0.25) is 14.7 Å². The van der Waals surface area contributed by atoms with Crippen molar-refractivity contribution in [3.63, 3.8) is 0 Å². The topological polar surface area (TPSA) is 86.9 Å². The fourth-order valence-corrected chi connectivity index (χ4v) is 3.88. The molecule has 0 saturated carbocycles. The number of carbonyl (C=O) groups excluding carboxylic acids is 2. The van der Waals surface area contributed by atoms with Crippen molar-refractivity contribution in [1.29, 1.82) is 0 Å². The maximum Gasteiger partial charge on any atom is 0.416 e. The average molecular weight is 464 g/mol. The highest BCUT2D eigenvalue weighted by molar-refractivity contribution is 5.95. The SMILES string of the molecule is CC1=C(CC(=O)Nc2cc3cn[nH]c3cc2F)C(c2ccc(C(F)(F)F)cc2F)CC(=O)N1. The molecule has 0 radical (unpaired) electrons. The van der Waals surface area contributed by atoms with Gasteiger partial charge in [-0.15, -0.1) is 0 Å². The molecular weight excluding hydrogens is 447 g/mol. The van der Waals surface area contributed by atoms with Crippen LogP contribution in [-0.4, -0.2) is 22.0 Å². The third-order valence-corrected chi connectivity index (χ3v) is 5.47. The number of amides is 2. The van der Waals surface area contributed by atoms with Gasteiger partial charge < -0.3 is 10.6 Å². The molecule has 6 nitrogen and oxygen atoms in total. The van der Waals surface area contributed by atoms with Crippen molar-refractivity contribution in [1.82, 2.24) is 15.5 Å². The Bertz CT molecular complexity index is 1300. The van der Waals surface area contributed by atoms with Crippen LogP contribution in [-0.2, 0) is 15.8 Å². The minimum absolute atomic E-state index is 0.0933. The lowest BCUT2D eigenvalue weighted by molar-refractivity contribution is -0.137. The van der Waals surface area contributed by atoms with E-state index >= 15 is 0 Å². The lowest BCUT2D eigenvalue weighted by Crippen LogP contribution is -2.32. The highest BCUT2D eigenvalue weighted by atomic mass is 19.4. The lowest BCUT2D eigenvalue weighted by Gasteiger charge is -2.28. The van der Waals surface area contributed by atoms with Gasteiger partial charge in [0, 0.05) is 29.5 Å². The molecule has 0 saturated heterocycles. The van der Waals surface area contributed by atoms with Gasteiger partial charge in [0.1, 0.15) is 11.6 Å². The van der Waals surface area contributed by atoms with E-state index in [1.54, 1.807) is 0 Å². The summed E-state index contributed by atoms with van der Waals surface area (Å²) in [7, 11) is 0. The summed E-state index contributed by atoms with van der Waals surface area (Å²) in [5, 5.41) is 12.0. The number of H-pyrrole nitrogens is 1. The molecule has 0 bridgehead atoms. The van der Waals surface area contributed by atoms with Crippen LogP contribution in [0.2, 0.25) is 0 Å². The number of allylic oxidation sites excluding steroid dienone is 1. The van der Waals surface area contributed by atoms with Gasteiger partial charge in [0.25, 0.3) is 0 Å². The van der Waals surface area contributed by atoms with Gasteiger partial charge in [0.05, 0.1) is 29.4 Å². The van der Waals surface area contributed by atoms with Crippen LogP contribution < -0.4 is 10.6 Å². The molecule has 2 aromatic carbocycles. The Balaban J connectivity index is 1.61. The number of benzene rings is 2. The normalized spacial score (nSPS) is 16.8. The third-order valence-electron chi connectivity index (χ3n) is 5.47. The van der Waals surface area contributed by atoms with Crippen molar-refractivity contribution < 1.29 is 31.5 Å². The number of nitrogens with zero attached hydrogens (tertiary/aromatic N) is 1. The Labute approximate surface area is 183 Å². The summed E-state index contributed by atoms with van der Waals surface area (Å²) in [6.07, 6.45) is -3.85. The van der Waals surface area contributed by atoms with Crippen LogP contribution in [0.3, 0.4) is 0 Å². The van der Waals surface area contributed by atoms with Crippen molar-refractivity contribution in [2.45, 2.75) is 31.9 Å². The predicted molar refractivity (Wildman–Crippen MR) is 109 cm³/mol. The first-order valence-electron chi connectivity index (χ1n) is 9.81. The minimum Gasteiger partial charge on any atom is -0.330 e. The van der Waals surface area contributed by atoms with Gasteiger partial charge in [-0.2, -0.15) is 18.3 Å². The molecule has 2 amide bonds. The van der Waals surface area contributed by atoms with E-state index in [9.17, 15) is 31.5 Å². The van der Waals surface area contributed by atoms with Gasteiger partial charge >= 0.3 is 6.18 Å². The van der Waals surface area contributed by atoms with E-state index in [1.807, 2.05) is 0 Å². The predicted octanol–water partition coefficient (Wildman–Crippen LogP) is 4.77. The Kier molecular flexibility index (Phi) is 5.64. The van der Waals surface area contributed by atoms with Crippen molar-refractivity contribution in [3.05, 3.63) is 70.6 Å². The van der Waals surface area contributed by atoms with Crippen molar-refractivity contribution in [3.8, 4) is 0 Å². The summed E-state index contributed by atoms with van der Waals surface area (Å²) in [5.41, 5.74) is -0.340. The molecule has 4 rings (SSSR count). The molecule has 1 aliphatic rings. The first kappa shape index (κ1) is 22.4. The van der Waals surface area contributed by atoms with Crippen LogP contribution in [0.5, 0.6) is 0 Å². The number of hydrogen-bond acceptors (Lipinski definition) is 3. The summed E-state index contributed by atoms with van der Waals surface area (Å²) >= 11 is 0. The third kappa shape index (κ3) is 4.57. The summed E-state index contributed by atoms with van der Waals surface area (Å²) in [6, 6.07) is 4.63. The molecule has 0 fully saturated rings. The van der Waals surface area contributed by atoms with Crippen LogP contribution in [0.25, 0.3) is 10.9 Å². The summed E-state index contributed by atoms with van der Waals surface area (Å²) < 4.78 is 67.7. The number of nitrogens with one attached hydrogen (secondary N) is 3. The molecule has 2 heterocycles. The molecular formula is C22H17F5N4O2. The highest BCUT2D eigenvalue weighted by Crippen LogP contribution is 2.38. The zero-order valence-electron chi connectivity index (χ0n) is 17.1. The van der Waals surface area contributed by atoms with Crippen LogP contribution in [0.15, 0.2) is 47.8 Å². The second-order valence-corrected chi connectivity index (χ2v) is 7.70. The second kappa shape index (κ2) is 8.30. The number of rotatable bonds is 4. The minimum atomic E-state index is -4.72. The zero-order chi connectivity index (χ0) is 23.9. The van der Waals surface area contributed by atoms with E-state index in [-0.39, 0.29) is 29.8 Å². The van der Waals surface area contributed by atoms with E-state index in [0.717, 1.165) is 12.1 Å². The number of hydrogen-bond donors (Lipinski definition) is 3. The number of carbonyl (C=O) groups is 2. The van der Waals surface area contributed by atoms with Crippen LogP contribution in [0.4, 0.5) is 27.6 Å². The highest BCUT2D eigenvalue weighted by Gasteiger charge is 2.34. The smallest absolute Gasteiger partial charge is 0.330 e. The number of aromatic amines is 1. The zero-order valence-corrected chi connectivity index (χ0v) is 17.1. The average Bonchev–Trinajstić information content (AvgIpc) is 3.16. The number of alkyl halides is 3. The molecule has 3 N–H and O–H groups in total. The van der Waals surface area contributed by atoms with Gasteiger partial charge in [-0.05, 0) is 36.3 Å². The Morgan fingerprint density at radius 3 is 2.64 bits per heavy atom. The number of fused-ring (bicyclic) bond motifs is 1. The fourth-order valence-electron chi connectivity index (χ4n) is 3.88. The Morgan fingerprint density at radius 1 is 1.18 bits per heavy atom. The monoisotopic (exact) mass is 464 g/mol. The van der Waals surface area contributed by atoms with E-state index in [0.29, 0.717) is 22.5 Å². The van der Waals surface area contributed by atoms with Gasteiger partial charge in [0.2, 0.25) is 11.8 Å². The van der Waals surface area contributed by atoms with Crippen molar-refractivity contribution in [2.24, 2.45) is 0 Å².